The van der Waals surface area contributed by atoms with Crippen molar-refractivity contribution < 1.29 is 0 Å². The zero-order valence-electron chi connectivity index (χ0n) is 17.5. The maximum atomic E-state index is 4.80. The van der Waals surface area contributed by atoms with E-state index in [1.165, 1.54) is 28.7 Å². The van der Waals surface area contributed by atoms with Crippen LogP contribution in [0.3, 0.4) is 0 Å². The van der Waals surface area contributed by atoms with Crippen molar-refractivity contribution in [2.24, 2.45) is 0 Å². The molecule has 2 heterocycles. The van der Waals surface area contributed by atoms with Gasteiger partial charge in [-0.05, 0) is 54.7 Å². The van der Waals surface area contributed by atoms with Gasteiger partial charge in [0.2, 0.25) is 0 Å². The number of benzene rings is 2. The minimum atomic E-state index is 0.991. The second-order valence-electron chi connectivity index (χ2n) is 7.15. The molecular formula is C27H28N2. The predicted molar refractivity (Wildman–Crippen MR) is 125 cm³/mol. The van der Waals surface area contributed by atoms with E-state index < -0.39 is 0 Å². The summed E-state index contributed by atoms with van der Waals surface area (Å²) in [5, 5.41) is 1.11. The van der Waals surface area contributed by atoms with Crippen molar-refractivity contribution in [3.63, 3.8) is 0 Å². The normalized spacial score (nSPS) is 10.3. The summed E-state index contributed by atoms with van der Waals surface area (Å²) in [6.07, 6.45) is 7.75. The van der Waals surface area contributed by atoms with Gasteiger partial charge in [0.05, 0.1) is 11.2 Å². The third kappa shape index (κ3) is 4.97. The number of aryl methyl sites for hydroxylation is 2. The quantitative estimate of drug-likeness (QED) is 0.344. The minimum absolute atomic E-state index is 0.991. The molecule has 2 aromatic carbocycles. The highest BCUT2D eigenvalue weighted by Gasteiger charge is 2.06. The topological polar surface area (TPSA) is 25.8 Å². The van der Waals surface area contributed by atoms with Crippen molar-refractivity contribution in [2.75, 3.05) is 0 Å². The first-order valence-electron chi connectivity index (χ1n) is 10.1. The summed E-state index contributed by atoms with van der Waals surface area (Å²) >= 11 is 0. The van der Waals surface area contributed by atoms with Crippen molar-refractivity contribution in [2.45, 2.75) is 33.6 Å². The van der Waals surface area contributed by atoms with Crippen LogP contribution in [-0.4, -0.2) is 9.97 Å². The first-order valence-corrected chi connectivity index (χ1v) is 10.1. The van der Waals surface area contributed by atoms with Gasteiger partial charge in [-0.25, -0.2) is 4.98 Å². The lowest BCUT2D eigenvalue weighted by Gasteiger charge is -2.08. The Balaban J connectivity index is 0.000000755. The summed E-state index contributed by atoms with van der Waals surface area (Å²) in [4.78, 5) is 9.00. The molecule has 0 saturated heterocycles. The van der Waals surface area contributed by atoms with E-state index in [9.17, 15) is 0 Å². The number of nitrogens with zero attached hydrogens (tertiary/aromatic N) is 2. The fourth-order valence-electron chi connectivity index (χ4n) is 3.37. The van der Waals surface area contributed by atoms with E-state index in [2.05, 4.69) is 80.0 Å². The molecule has 0 radical (unpaired) electrons. The number of hydrogen-bond donors (Lipinski definition) is 0. The molecule has 2 nitrogen and oxygen atoms in total. The molecule has 146 valence electrons. The van der Waals surface area contributed by atoms with Crippen LogP contribution in [0, 0.1) is 6.92 Å². The molecular weight excluding hydrogens is 352 g/mol. The van der Waals surface area contributed by atoms with Crippen LogP contribution >= 0.6 is 0 Å². The van der Waals surface area contributed by atoms with Crippen molar-refractivity contribution >= 4 is 10.9 Å². The Bertz CT molecular complexity index is 1080. The van der Waals surface area contributed by atoms with Crippen LogP contribution in [0.2, 0.25) is 0 Å². The number of allylic oxidation sites excluding steroid dienone is 1. The lowest BCUT2D eigenvalue weighted by Crippen LogP contribution is -1.90. The smallest absolute Gasteiger partial charge is 0.0742 e. The van der Waals surface area contributed by atoms with E-state index in [1.54, 1.807) is 12.3 Å². The van der Waals surface area contributed by atoms with Crippen LogP contribution < -0.4 is 0 Å². The van der Waals surface area contributed by atoms with E-state index in [1.807, 2.05) is 19.2 Å². The zero-order valence-corrected chi connectivity index (χ0v) is 17.5. The molecule has 0 saturated carbocycles. The zero-order chi connectivity index (χ0) is 20.6. The molecule has 0 unspecified atom stereocenters. The van der Waals surface area contributed by atoms with Gasteiger partial charge >= 0.3 is 0 Å². The Morgan fingerprint density at radius 2 is 1.48 bits per heavy atom. The van der Waals surface area contributed by atoms with Gasteiger partial charge < -0.3 is 0 Å². The molecule has 4 rings (SSSR count). The third-order valence-electron chi connectivity index (χ3n) is 4.82. The van der Waals surface area contributed by atoms with Gasteiger partial charge in [-0.3, -0.25) is 4.98 Å². The van der Waals surface area contributed by atoms with Crippen LogP contribution in [0.15, 0.2) is 85.7 Å². The van der Waals surface area contributed by atoms with E-state index >= 15 is 0 Å². The molecule has 2 heteroatoms. The SMILES string of the molecule is C=CC.CCCc1ccc(-c2ccc(-c3cc(C)c4cnccc4n3)cc2)cc1. The molecule has 0 aliphatic carbocycles. The summed E-state index contributed by atoms with van der Waals surface area (Å²) in [5.41, 5.74) is 8.23. The van der Waals surface area contributed by atoms with Crippen LogP contribution in [0.25, 0.3) is 33.3 Å². The molecule has 0 aliphatic rings. The van der Waals surface area contributed by atoms with Crippen LogP contribution in [0.1, 0.15) is 31.4 Å². The van der Waals surface area contributed by atoms with Crippen molar-refractivity contribution in [1.29, 1.82) is 0 Å². The average Bonchev–Trinajstić information content (AvgIpc) is 2.75. The Kier molecular flexibility index (Phi) is 6.91. The first kappa shape index (κ1) is 20.5. The van der Waals surface area contributed by atoms with Gasteiger partial charge in [-0.15, -0.1) is 6.58 Å². The molecule has 0 N–H and O–H groups in total. The van der Waals surface area contributed by atoms with E-state index in [4.69, 9.17) is 4.98 Å². The molecule has 29 heavy (non-hydrogen) atoms. The highest BCUT2D eigenvalue weighted by atomic mass is 14.7. The molecule has 2 aromatic heterocycles. The minimum Gasteiger partial charge on any atom is -0.264 e. The monoisotopic (exact) mass is 380 g/mol. The predicted octanol–water partition coefficient (Wildman–Crippen LogP) is 7.42. The summed E-state index contributed by atoms with van der Waals surface area (Å²) in [5.74, 6) is 0. The summed E-state index contributed by atoms with van der Waals surface area (Å²) < 4.78 is 0. The van der Waals surface area contributed by atoms with E-state index in [0.29, 0.717) is 0 Å². The molecule has 0 amide bonds. The summed E-state index contributed by atoms with van der Waals surface area (Å²) in [7, 11) is 0. The Labute approximate surface area is 174 Å². The molecule has 0 aliphatic heterocycles. The van der Waals surface area contributed by atoms with Gasteiger partial charge in [-0.2, -0.15) is 0 Å². The second-order valence-corrected chi connectivity index (χ2v) is 7.15. The maximum absolute atomic E-state index is 4.80. The first-order chi connectivity index (χ1) is 14.2. The standard InChI is InChI=1S/C24H22N2.C3H6/c1-3-4-18-5-7-19(8-6-18)20-9-11-21(12-10-20)24-15-17(2)22-16-25-14-13-23(22)26-24;1-3-2/h5-16H,3-4H2,1-2H3;3H,1H2,2H3. The van der Waals surface area contributed by atoms with Gasteiger partial charge in [0.1, 0.15) is 0 Å². The van der Waals surface area contributed by atoms with Crippen molar-refractivity contribution in [3.8, 4) is 22.4 Å². The number of rotatable bonds is 4. The van der Waals surface area contributed by atoms with Crippen LogP contribution in [-0.2, 0) is 6.42 Å². The van der Waals surface area contributed by atoms with Gasteiger partial charge in [0.15, 0.2) is 0 Å². The molecule has 0 fully saturated rings. The Morgan fingerprint density at radius 3 is 2.10 bits per heavy atom. The second kappa shape index (κ2) is 9.79. The van der Waals surface area contributed by atoms with Gasteiger partial charge in [-0.1, -0.05) is 68.0 Å². The third-order valence-corrected chi connectivity index (χ3v) is 4.82. The van der Waals surface area contributed by atoms with Gasteiger partial charge in [0, 0.05) is 23.3 Å². The lowest BCUT2D eigenvalue weighted by atomic mass is 10.00. The largest absolute Gasteiger partial charge is 0.264 e. The van der Waals surface area contributed by atoms with Crippen LogP contribution in [0.4, 0.5) is 0 Å². The molecule has 4 aromatic rings. The average molecular weight is 381 g/mol. The van der Waals surface area contributed by atoms with Gasteiger partial charge in [0.25, 0.3) is 0 Å². The number of aromatic nitrogens is 2. The molecule has 0 bridgehead atoms. The number of hydrogen-bond acceptors (Lipinski definition) is 2. The summed E-state index contributed by atoms with van der Waals surface area (Å²) in [6, 6.07) is 21.7. The molecule has 0 spiro atoms. The van der Waals surface area contributed by atoms with Crippen LogP contribution in [0.5, 0.6) is 0 Å². The molecule has 0 atom stereocenters. The highest BCUT2D eigenvalue weighted by molar-refractivity contribution is 5.84. The fourth-order valence-corrected chi connectivity index (χ4v) is 3.37. The lowest BCUT2D eigenvalue weighted by molar-refractivity contribution is 0.922. The van der Waals surface area contributed by atoms with Crippen molar-refractivity contribution in [3.05, 3.63) is 96.8 Å². The fraction of sp³-hybridized carbons (Fsp3) is 0.185. The Hall–Kier alpha value is -3.26. The summed E-state index contributed by atoms with van der Waals surface area (Å²) in [6.45, 7) is 9.58. The Morgan fingerprint density at radius 1 is 0.897 bits per heavy atom. The number of fused-ring (bicyclic) bond motifs is 1. The highest BCUT2D eigenvalue weighted by Crippen LogP contribution is 2.27. The van der Waals surface area contributed by atoms with E-state index in [-0.39, 0.29) is 0 Å². The van der Waals surface area contributed by atoms with E-state index in [0.717, 1.165) is 28.6 Å². The number of pyridine rings is 2. The maximum Gasteiger partial charge on any atom is 0.0742 e. The van der Waals surface area contributed by atoms with Crippen molar-refractivity contribution in [1.82, 2.24) is 9.97 Å².